The SMILES string of the molecule is C#CCOc1cc(-c2nc3cnccc3[nH]2)ccc1OCC. The summed E-state index contributed by atoms with van der Waals surface area (Å²) in [6, 6.07) is 7.54. The molecule has 0 saturated carbocycles. The largest absolute Gasteiger partial charge is 0.490 e. The highest BCUT2D eigenvalue weighted by Gasteiger charge is 2.10. The topological polar surface area (TPSA) is 60.0 Å². The Balaban J connectivity index is 2.01. The predicted octanol–water partition coefficient (Wildman–Crippen LogP) is 3.04. The number of terminal acetylenes is 1. The summed E-state index contributed by atoms with van der Waals surface area (Å²) in [5.41, 5.74) is 2.65. The molecule has 0 aliphatic carbocycles. The molecule has 0 spiro atoms. The number of imidazole rings is 1. The van der Waals surface area contributed by atoms with E-state index in [9.17, 15) is 0 Å². The Hall–Kier alpha value is -3.00. The number of hydrogen-bond acceptors (Lipinski definition) is 4. The van der Waals surface area contributed by atoms with Crippen molar-refractivity contribution in [3.8, 4) is 35.2 Å². The minimum atomic E-state index is 0.188. The van der Waals surface area contributed by atoms with Crippen LogP contribution in [0.3, 0.4) is 0 Å². The molecular weight excluding hydrogens is 278 g/mol. The van der Waals surface area contributed by atoms with Gasteiger partial charge < -0.3 is 14.5 Å². The van der Waals surface area contributed by atoms with E-state index in [2.05, 4.69) is 20.9 Å². The monoisotopic (exact) mass is 293 g/mol. The van der Waals surface area contributed by atoms with E-state index in [0.717, 1.165) is 22.4 Å². The van der Waals surface area contributed by atoms with E-state index >= 15 is 0 Å². The molecule has 0 unspecified atom stereocenters. The molecule has 1 N–H and O–H groups in total. The summed E-state index contributed by atoms with van der Waals surface area (Å²) in [6.07, 6.45) is 8.71. The number of aromatic nitrogens is 3. The van der Waals surface area contributed by atoms with Crippen molar-refractivity contribution in [1.82, 2.24) is 15.0 Å². The first-order valence-corrected chi connectivity index (χ1v) is 6.95. The highest BCUT2D eigenvalue weighted by molar-refractivity contribution is 5.78. The van der Waals surface area contributed by atoms with Gasteiger partial charge in [0.05, 0.1) is 18.3 Å². The Labute approximate surface area is 128 Å². The van der Waals surface area contributed by atoms with Crippen LogP contribution in [0.15, 0.2) is 36.7 Å². The van der Waals surface area contributed by atoms with Gasteiger partial charge in [0.2, 0.25) is 0 Å². The number of H-pyrrole nitrogens is 1. The van der Waals surface area contributed by atoms with Crippen LogP contribution in [0.4, 0.5) is 0 Å². The molecule has 0 aliphatic heterocycles. The van der Waals surface area contributed by atoms with Gasteiger partial charge in [0.15, 0.2) is 11.5 Å². The average Bonchev–Trinajstić information content (AvgIpc) is 2.98. The summed E-state index contributed by atoms with van der Waals surface area (Å²) < 4.78 is 11.1. The molecular formula is C17H15N3O2. The average molecular weight is 293 g/mol. The van der Waals surface area contributed by atoms with Crippen molar-refractivity contribution in [2.75, 3.05) is 13.2 Å². The zero-order valence-corrected chi connectivity index (χ0v) is 12.2. The number of fused-ring (bicyclic) bond motifs is 1. The molecule has 3 aromatic rings. The molecule has 0 fully saturated rings. The predicted molar refractivity (Wildman–Crippen MR) is 84.8 cm³/mol. The van der Waals surface area contributed by atoms with Crippen molar-refractivity contribution < 1.29 is 9.47 Å². The molecule has 2 heterocycles. The van der Waals surface area contributed by atoms with E-state index in [1.165, 1.54) is 0 Å². The lowest BCUT2D eigenvalue weighted by Crippen LogP contribution is -1.99. The third-order valence-electron chi connectivity index (χ3n) is 3.11. The lowest BCUT2D eigenvalue weighted by molar-refractivity contribution is 0.299. The van der Waals surface area contributed by atoms with Gasteiger partial charge in [-0.1, -0.05) is 5.92 Å². The fourth-order valence-electron chi connectivity index (χ4n) is 2.16. The highest BCUT2D eigenvalue weighted by Crippen LogP contribution is 2.32. The van der Waals surface area contributed by atoms with E-state index in [1.807, 2.05) is 31.2 Å². The second kappa shape index (κ2) is 6.19. The molecule has 0 atom stereocenters. The summed E-state index contributed by atoms with van der Waals surface area (Å²) in [5.74, 6) is 4.48. The van der Waals surface area contributed by atoms with Crippen LogP contribution in [0.5, 0.6) is 11.5 Å². The summed E-state index contributed by atoms with van der Waals surface area (Å²) in [4.78, 5) is 11.9. The fourth-order valence-corrected chi connectivity index (χ4v) is 2.16. The number of benzene rings is 1. The van der Waals surface area contributed by atoms with Crippen LogP contribution in [0.1, 0.15) is 6.92 Å². The normalized spacial score (nSPS) is 10.4. The number of aromatic amines is 1. The van der Waals surface area contributed by atoms with Crippen LogP contribution in [0.25, 0.3) is 22.4 Å². The van der Waals surface area contributed by atoms with Gasteiger partial charge in [-0.2, -0.15) is 0 Å². The second-order valence-electron chi connectivity index (χ2n) is 4.57. The van der Waals surface area contributed by atoms with Gasteiger partial charge in [0.1, 0.15) is 17.9 Å². The van der Waals surface area contributed by atoms with E-state index in [-0.39, 0.29) is 6.61 Å². The molecule has 0 saturated heterocycles. The molecule has 5 nitrogen and oxygen atoms in total. The summed E-state index contributed by atoms with van der Waals surface area (Å²) in [7, 11) is 0. The standard InChI is InChI=1S/C17H15N3O2/c1-3-9-22-16-10-12(5-6-15(16)21-4-2)17-19-13-7-8-18-11-14(13)20-17/h1,5-8,10-11H,4,9H2,2H3,(H,19,20). The van der Waals surface area contributed by atoms with Crippen LogP contribution in [-0.2, 0) is 0 Å². The smallest absolute Gasteiger partial charge is 0.163 e. The molecule has 0 bridgehead atoms. The maximum absolute atomic E-state index is 5.56. The minimum absolute atomic E-state index is 0.188. The number of ether oxygens (including phenoxy) is 2. The minimum Gasteiger partial charge on any atom is -0.490 e. The maximum Gasteiger partial charge on any atom is 0.163 e. The summed E-state index contributed by atoms with van der Waals surface area (Å²) >= 11 is 0. The van der Waals surface area contributed by atoms with E-state index in [0.29, 0.717) is 18.1 Å². The van der Waals surface area contributed by atoms with Crippen molar-refractivity contribution in [2.24, 2.45) is 0 Å². The molecule has 0 aliphatic rings. The van der Waals surface area contributed by atoms with E-state index < -0.39 is 0 Å². The first-order chi connectivity index (χ1) is 10.8. The lowest BCUT2D eigenvalue weighted by atomic mass is 10.2. The quantitative estimate of drug-likeness (QED) is 0.735. The molecule has 1 aromatic carbocycles. The first-order valence-electron chi connectivity index (χ1n) is 6.95. The Morgan fingerprint density at radius 3 is 2.91 bits per heavy atom. The van der Waals surface area contributed by atoms with E-state index in [1.54, 1.807) is 12.4 Å². The molecule has 110 valence electrons. The zero-order chi connectivity index (χ0) is 15.4. The Kier molecular flexibility index (Phi) is 3.92. The van der Waals surface area contributed by atoms with Crippen LogP contribution in [0, 0.1) is 12.3 Å². The Morgan fingerprint density at radius 1 is 1.23 bits per heavy atom. The number of hydrogen-bond donors (Lipinski definition) is 1. The van der Waals surface area contributed by atoms with Gasteiger partial charge in [-0.25, -0.2) is 4.98 Å². The first kappa shape index (κ1) is 14.0. The molecule has 2 aromatic heterocycles. The molecule has 22 heavy (non-hydrogen) atoms. The number of rotatable bonds is 5. The van der Waals surface area contributed by atoms with Crippen LogP contribution >= 0.6 is 0 Å². The van der Waals surface area contributed by atoms with Crippen molar-refractivity contribution in [3.63, 3.8) is 0 Å². The van der Waals surface area contributed by atoms with E-state index in [4.69, 9.17) is 15.9 Å². The van der Waals surface area contributed by atoms with Gasteiger partial charge in [-0.15, -0.1) is 6.42 Å². The maximum atomic E-state index is 5.56. The van der Waals surface area contributed by atoms with Gasteiger partial charge in [-0.05, 0) is 31.2 Å². The lowest BCUT2D eigenvalue weighted by Gasteiger charge is -2.11. The van der Waals surface area contributed by atoms with Crippen LogP contribution < -0.4 is 9.47 Å². The second-order valence-corrected chi connectivity index (χ2v) is 4.57. The van der Waals surface area contributed by atoms with Gasteiger partial charge in [0.25, 0.3) is 0 Å². The number of nitrogens with zero attached hydrogens (tertiary/aromatic N) is 2. The summed E-state index contributed by atoms with van der Waals surface area (Å²) in [5, 5.41) is 0. The highest BCUT2D eigenvalue weighted by atomic mass is 16.5. The number of nitrogens with one attached hydrogen (secondary N) is 1. The Morgan fingerprint density at radius 2 is 2.14 bits per heavy atom. The van der Waals surface area contributed by atoms with Gasteiger partial charge in [-0.3, -0.25) is 4.98 Å². The molecule has 0 amide bonds. The van der Waals surface area contributed by atoms with Crippen LogP contribution in [0.2, 0.25) is 0 Å². The molecule has 0 radical (unpaired) electrons. The zero-order valence-electron chi connectivity index (χ0n) is 12.2. The van der Waals surface area contributed by atoms with Crippen molar-refractivity contribution >= 4 is 11.0 Å². The number of pyridine rings is 1. The van der Waals surface area contributed by atoms with Crippen LogP contribution in [-0.4, -0.2) is 28.2 Å². The van der Waals surface area contributed by atoms with Crippen molar-refractivity contribution in [1.29, 1.82) is 0 Å². The molecule has 5 heteroatoms. The van der Waals surface area contributed by atoms with Crippen molar-refractivity contribution in [2.45, 2.75) is 6.92 Å². The molecule has 3 rings (SSSR count). The summed E-state index contributed by atoms with van der Waals surface area (Å²) in [6.45, 7) is 2.67. The van der Waals surface area contributed by atoms with Gasteiger partial charge in [0, 0.05) is 11.8 Å². The van der Waals surface area contributed by atoms with Gasteiger partial charge >= 0.3 is 0 Å². The third kappa shape index (κ3) is 2.72. The third-order valence-corrected chi connectivity index (χ3v) is 3.11. The fraction of sp³-hybridized carbons (Fsp3) is 0.176. The van der Waals surface area contributed by atoms with Crippen molar-refractivity contribution in [3.05, 3.63) is 36.7 Å². The Bertz CT molecular complexity index is 800.